The van der Waals surface area contributed by atoms with Gasteiger partial charge in [0.15, 0.2) is 0 Å². The van der Waals surface area contributed by atoms with Crippen LogP contribution in [0.25, 0.3) is 0 Å². The van der Waals surface area contributed by atoms with Gasteiger partial charge in [-0.1, -0.05) is 0 Å². The van der Waals surface area contributed by atoms with Crippen molar-refractivity contribution >= 4 is 17.5 Å². The number of carbonyl (C=O) groups excluding carboxylic acids is 1. The van der Waals surface area contributed by atoms with Gasteiger partial charge in [0.2, 0.25) is 5.91 Å². The molecule has 0 aromatic carbocycles. The van der Waals surface area contributed by atoms with Crippen molar-refractivity contribution in [3.05, 3.63) is 11.9 Å². The van der Waals surface area contributed by atoms with Crippen LogP contribution in [0.2, 0.25) is 0 Å². The first-order valence-corrected chi connectivity index (χ1v) is 7.79. The third-order valence-corrected chi connectivity index (χ3v) is 4.03. The van der Waals surface area contributed by atoms with Crippen LogP contribution < -0.4 is 10.2 Å². The molecular weight excluding hydrogens is 266 g/mol. The van der Waals surface area contributed by atoms with Crippen LogP contribution in [0.15, 0.2) is 6.07 Å². The number of anilines is 2. The van der Waals surface area contributed by atoms with Crippen LogP contribution in [0.1, 0.15) is 37.9 Å². The Morgan fingerprint density at radius 3 is 2.86 bits per heavy atom. The third kappa shape index (κ3) is 3.25. The van der Waals surface area contributed by atoms with Gasteiger partial charge in [-0.25, -0.2) is 9.97 Å². The van der Waals surface area contributed by atoms with E-state index in [2.05, 4.69) is 22.1 Å². The number of carbonyl (C=O) groups is 1. The smallest absolute Gasteiger partial charge is 0.241 e. The van der Waals surface area contributed by atoms with Crippen molar-refractivity contribution in [2.24, 2.45) is 0 Å². The van der Waals surface area contributed by atoms with E-state index in [1.54, 1.807) is 4.90 Å². The second-order valence-corrected chi connectivity index (χ2v) is 5.86. The average Bonchev–Trinajstić information content (AvgIpc) is 3.30. The van der Waals surface area contributed by atoms with E-state index >= 15 is 0 Å². The van der Waals surface area contributed by atoms with Crippen LogP contribution in [0, 0.1) is 0 Å². The molecule has 6 heteroatoms. The first kappa shape index (κ1) is 14.1. The number of hydrogen-bond donors (Lipinski definition) is 1. The van der Waals surface area contributed by atoms with E-state index in [1.807, 2.05) is 13.1 Å². The first-order valence-electron chi connectivity index (χ1n) is 7.79. The highest BCUT2D eigenvalue weighted by Crippen LogP contribution is 2.39. The lowest BCUT2D eigenvalue weighted by Crippen LogP contribution is -2.34. The van der Waals surface area contributed by atoms with Crippen molar-refractivity contribution < 1.29 is 4.79 Å². The Balaban J connectivity index is 1.87. The highest BCUT2D eigenvalue weighted by molar-refractivity contribution is 5.81. The van der Waals surface area contributed by atoms with Crippen molar-refractivity contribution in [1.82, 2.24) is 14.9 Å². The quantitative estimate of drug-likeness (QED) is 0.909. The lowest BCUT2D eigenvalue weighted by atomic mass is 10.3. The topological polar surface area (TPSA) is 61.4 Å². The summed E-state index contributed by atoms with van der Waals surface area (Å²) in [6.45, 7) is 4.98. The normalized spacial score (nSPS) is 19.6. The number of nitrogens with one attached hydrogen (secondary N) is 1. The number of hydrogen-bond acceptors (Lipinski definition) is 5. The number of nitrogens with zero attached hydrogens (tertiary/aromatic N) is 4. The van der Waals surface area contributed by atoms with Gasteiger partial charge in [0.05, 0.1) is 6.54 Å². The molecule has 21 heavy (non-hydrogen) atoms. The molecule has 0 bridgehead atoms. The van der Waals surface area contributed by atoms with Crippen LogP contribution in [-0.4, -0.2) is 54.0 Å². The Morgan fingerprint density at radius 1 is 1.33 bits per heavy atom. The van der Waals surface area contributed by atoms with Crippen molar-refractivity contribution in [3.63, 3.8) is 0 Å². The summed E-state index contributed by atoms with van der Waals surface area (Å²) < 4.78 is 0. The van der Waals surface area contributed by atoms with Gasteiger partial charge in [0.1, 0.15) is 17.5 Å². The Kier molecular flexibility index (Phi) is 3.94. The van der Waals surface area contributed by atoms with E-state index in [9.17, 15) is 4.79 Å². The molecule has 114 valence electrons. The standard InChI is InChI=1S/C15H23N5O/c1-3-16-12-9-13(18-15(17-12)11-5-6-11)20-8-4-7-19(2)14(21)10-20/h9,11H,3-8,10H2,1-2H3,(H,16,17,18). The summed E-state index contributed by atoms with van der Waals surface area (Å²) in [5.41, 5.74) is 0. The van der Waals surface area contributed by atoms with Crippen molar-refractivity contribution in [3.8, 4) is 0 Å². The minimum absolute atomic E-state index is 0.157. The molecule has 0 spiro atoms. The molecule has 0 atom stereocenters. The van der Waals surface area contributed by atoms with Gasteiger partial charge in [-0.05, 0) is 26.2 Å². The lowest BCUT2D eigenvalue weighted by Gasteiger charge is -2.22. The molecule has 0 radical (unpaired) electrons. The molecule has 0 unspecified atom stereocenters. The first-order chi connectivity index (χ1) is 10.2. The van der Waals surface area contributed by atoms with Gasteiger partial charge in [-0.15, -0.1) is 0 Å². The van der Waals surface area contributed by atoms with E-state index in [0.717, 1.165) is 43.5 Å². The molecule has 1 saturated carbocycles. The minimum Gasteiger partial charge on any atom is -0.370 e. The zero-order valence-corrected chi connectivity index (χ0v) is 12.8. The summed E-state index contributed by atoms with van der Waals surface area (Å²) in [6.07, 6.45) is 3.33. The van der Waals surface area contributed by atoms with Crippen LogP contribution in [0.4, 0.5) is 11.6 Å². The zero-order chi connectivity index (χ0) is 14.8. The van der Waals surface area contributed by atoms with Gasteiger partial charge in [0.25, 0.3) is 0 Å². The molecule has 2 fully saturated rings. The number of aromatic nitrogens is 2. The number of amides is 1. The maximum Gasteiger partial charge on any atom is 0.241 e. The highest BCUT2D eigenvalue weighted by Gasteiger charge is 2.28. The van der Waals surface area contributed by atoms with Gasteiger partial charge in [-0.2, -0.15) is 0 Å². The Bertz CT molecular complexity index is 529. The van der Waals surface area contributed by atoms with E-state index in [-0.39, 0.29) is 5.91 Å². The SMILES string of the molecule is CCNc1cc(N2CCCN(C)C(=O)C2)nc(C2CC2)n1. The summed E-state index contributed by atoms with van der Waals surface area (Å²) >= 11 is 0. The average molecular weight is 289 g/mol. The van der Waals surface area contributed by atoms with Crippen LogP contribution in [0.5, 0.6) is 0 Å². The lowest BCUT2D eigenvalue weighted by molar-refractivity contribution is -0.127. The molecular formula is C15H23N5O. The molecule has 1 N–H and O–H groups in total. The fraction of sp³-hybridized carbons (Fsp3) is 0.667. The van der Waals surface area contributed by atoms with Gasteiger partial charge in [-0.3, -0.25) is 4.79 Å². The van der Waals surface area contributed by atoms with Crippen LogP contribution in [0.3, 0.4) is 0 Å². The fourth-order valence-corrected chi connectivity index (χ4v) is 2.59. The van der Waals surface area contributed by atoms with Gasteiger partial charge < -0.3 is 15.1 Å². The van der Waals surface area contributed by atoms with E-state index < -0.39 is 0 Å². The number of rotatable bonds is 4. The van der Waals surface area contributed by atoms with Gasteiger partial charge >= 0.3 is 0 Å². The summed E-state index contributed by atoms with van der Waals surface area (Å²) in [6, 6.07) is 1.97. The largest absolute Gasteiger partial charge is 0.370 e. The predicted molar refractivity (Wildman–Crippen MR) is 82.6 cm³/mol. The summed E-state index contributed by atoms with van der Waals surface area (Å²) in [7, 11) is 1.87. The van der Waals surface area contributed by atoms with Gasteiger partial charge in [0, 0.05) is 38.7 Å². The molecule has 6 nitrogen and oxygen atoms in total. The zero-order valence-electron chi connectivity index (χ0n) is 12.8. The maximum atomic E-state index is 12.1. The Morgan fingerprint density at radius 2 is 2.14 bits per heavy atom. The molecule has 3 rings (SSSR count). The number of likely N-dealkylation sites (N-methyl/N-ethyl adjacent to an activating group) is 1. The molecule has 1 aromatic heterocycles. The highest BCUT2D eigenvalue weighted by atomic mass is 16.2. The molecule has 1 amide bonds. The fourth-order valence-electron chi connectivity index (χ4n) is 2.59. The molecule has 1 aliphatic heterocycles. The van der Waals surface area contributed by atoms with E-state index in [4.69, 9.17) is 4.98 Å². The molecule has 2 heterocycles. The molecule has 2 aliphatic rings. The summed E-state index contributed by atoms with van der Waals surface area (Å²) in [5.74, 6) is 3.34. The molecule has 1 saturated heterocycles. The maximum absolute atomic E-state index is 12.1. The Hall–Kier alpha value is -1.85. The minimum atomic E-state index is 0.157. The van der Waals surface area contributed by atoms with E-state index in [1.165, 1.54) is 12.8 Å². The second kappa shape index (κ2) is 5.87. The molecule has 1 aromatic rings. The van der Waals surface area contributed by atoms with Crippen molar-refractivity contribution in [2.45, 2.75) is 32.1 Å². The van der Waals surface area contributed by atoms with E-state index in [0.29, 0.717) is 12.5 Å². The summed E-state index contributed by atoms with van der Waals surface area (Å²) in [5, 5.41) is 3.27. The molecule has 1 aliphatic carbocycles. The van der Waals surface area contributed by atoms with Crippen LogP contribution in [-0.2, 0) is 4.79 Å². The van der Waals surface area contributed by atoms with Crippen LogP contribution >= 0.6 is 0 Å². The van der Waals surface area contributed by atoms with Crippen molar-refractivity contribution in [2.75, 3.05) is 43.4 Å². The third-order valence-electron chi connectivity index (χ3n) is 4.03. The predicted octanol–water partition coefficient (Wildman–Crippen LogP) is 1.45. The van der Waals surface area contributed by atoms with Crippen molar-refractivity contribution in [1.29, 1.82) is 0 Å². The monoisotopic (exact) mass is 289 g/mol. The summed E-state index contributed by atoms with van der Waals surface area (Å²) in [4.78, 5) is 25.2. The second-order valence-electron chi connectivity index (χ2n) is 5.86. The Labute approximate surface area is 125 Å².